The van der Waals surface area contributed by atoms with Crippen LogP contribution in [0.5, 0.6) is 0 Å². The monoisotopic (exact) mass is 284 g/mol. The predicted octanol–water partition coefficient (Wildman–Crippen LogP) is 5.10. The molecule has 0 aliphatic carbocycles. The van der Waals surface area contributed by atoms with E-state index < -0.39 is 0 Å². The van der Waals surface area contributed by atoms with E-state index in [4.69, 9.17) is 5.26 Å². The van der Waals surface area contributed by atoms with Crippen LogP contribution in [0.4, 0.5) is 0 Å². The second kappa shape index (κ2) is 8.18. The molecular formula is C20H16N2. The van der Waals surface area contributed by atoms with Crippen LogP contribution in [0, 0.1) is 11.3 Å². The molecule has 0 spiro atoms. The lowest BCUT2D eigenvalue weighted by Crippen LogP contribution is -1.80. The first-order valence-corrected chi connectivity index (χ1v) is 6.92. The molecule has 2 heteroatoms. The summed E-state index contributed by atoms with van der Waals surface area (Å²) >= 11 is 0. The molecule has 0 radical (unpaired) electrons. The van der Waals surface area contributed by atoms with Gasteiger partial charge in [-0.25, -0.2) is 0 Å². The van der Waals surface area contributed by atoms with E-state index in [1.54, 1.807) is 12.3 Å². The van der Waals surface area contributed by atoms with Gasteiger partial charge in [0.15, 0.2) is 0 Å². The van der Waals surface area contributed by atoms with E-state index in [2.05, 4.69) is 17.6 Å². The predicted molar refractivity (Wildman–Crippen MR) is 92.9 cm³/mol. The summed E-state index contributed by atoms with van der Waals surface area (Å²) < 4.78 is 0. The third kappa shape index (κ3) is 4.16. The molecule has 3 aromatic rings. The van der Waals surface area contributed by atoms with Gasteiger partial charge in [0.1, 0.15) is 0 Å². The molecular weight excluding hydrogens is 268 g/mol. The van der Waals surface area contributed by atoms with E-state index in [0.717, 1.165) is 22.0 Å². The molecule has 0 bridgehead atoms. The molecule has 0 aliphatic rings. The van der Waals surface area contributed by atoms with Gasteiger partial charge in [-0.3, -0.25) is 4.98 Å². The third-order valence-electron chi connectivity index (χ3n) is 3.05. The van der Waals surface area contributed by atoms with Gasteiger partial charge in [0.2, 0.25) is 0 Å². The molecule has 3 rings (SSSR count). The smallest absolute Gasteiger partial charge is 0.0912 e. The molecule has 0 saturated heterocycles. The molecule has 0 fully saturated rings. The van der Waals surface area contributed by atoms with Crippen LogP contribution in [0.15, 0.2) is 79.5 Å². The third-order valence-corrected chi connectivity index (χ3v) is 3.05. The fourth-order valence-corrected chi connectivity index (χ4v) is 1.99. The molecule has 1 heterocycles. The number of benzene rings is 2. The molecule has 2 aromatic carbocycles. The van der Waals surface area contributed by atoms with Crippen molar-refractivity contribution in [2.24, 2.45) is 0 Å². The van der Waals surface area contributed by atoms with E-state index in [1.807, 2.05) is 66.7 Å². The molecule has 2 nitrogen and oxygen atoms in total. The first-order valence-electron chi connectivity index (χ1n) is 6.92. The Balaban J connectivity index is 0.000000164. The Morgan fingerprint density at radius 3 is 2.41 bits per heavy atom. The minimum absolute atomic E-state index is 1.02. The maximum absolute atomic E-state index is 8.19. The molecule has 0 N–H and O–H groups in total. The Morgan fingerprint density at radius 2 is 1.68 bits per heavy atom. The quantitative estimate of drug-likeness (QED) is 0.614. The van der Waals surface area contributed by atoms with Gasteiger partial charge in [0.05, 0.1) is 11.6 Å². The molecule has 0 amide bonds. The molecule has 22 heavy (non-hydrogen) atoms. The minimum Gasteiger partial charge on any atom is -0.256 e. The van der Waals surface area contributed by atoms with Gasteiger partial charge in [-0.2, -0.15) is 5.26 Å². The van der Waals surface area contributed by atoms with Crippen LogP contribution in [0.25, 0.3) is 23.1 Å². The van der Waals surface area contributed by atoms with Crippen molar-refractivity contribution in [1.82, 2.24) is 4.98 Å². The van der Waals surface area contributed by atoms with Gasteiger partial charge in [-0.1, -0.05) is 61.2 Å². The van der Waals surface area contributed by atoms with Gasteiger partial charge in [0.25, 0.3) is 0 Å². The molecule has 106 valence electrons. The SMILES string of the molecule is C=Cc1ccnc2ccccc12.N#CC=Cc1ccccc1. The largest absolute Gasteiger partial charge is 0.256 e. The summed E-state index contributed by atoms with van der Waals surface area (Å²) in [5.41, 5.74) is 3.22. The Bertz CT molecular complexity index is 806. The molecule has 0 aliphatic heterocycles. The van der Waals surface area contributed by atoms with Crippen LogP contribution in [0.2, 0.25) is 0 Å². The number of para-hydroxylation sites is 1. The molecule has 0 saturated carbocycles. The summed E-state index contributed by atoms with van der Waals surface area (Å²) in [6, 6.07) is 21.7. The zero-order valence-electron chi connectivity index (χ0n) is 12.2. The fraction of sp³-hybridized carbons (Fsp3) is 0. The van der Waals surface area contributed by atoms with Crippen LogP contribution >= 0.6 is 0 Å². The summed E-state index contributed by atoms with van der Waals surface area (Å²) in [5, 5.41) is 9.35. The Hall–Kier alpha value is -3.18. The minimum atomic E-state index is 1.02. The van der Waals surface area contributed by atoms with Crippen molar-refractivity contribution in [3.63, 3.8) is 0 Å². The van der Waals surface area contributed by atoms with Crippen LogP contribution in [0.1, 0.15) is 11.1 Å². The Kier molecular flexibility index (Phi) is 5.66. The lowest BCUT2D eigenvalue weighted by Gasteiger charge is -1.98. The number of hydrogen-bond donors (Lipinski definition) is 0. The van der Waals surface area contributed by atoms with E-state index in [-0.39, 0.29) is 0 Å². The first kappa shape index (κ1) is 15.2. The first-order chi connectivity index (χ1) is 10.8. The van der Waals surface area contributed by atoms with Crippen LogP contribution < -0.4 is 0 Å². The van der Waals surface area contributed by atoms with Crippen molar-refractivity contribution in [2.45, 2.75) is 0 Å². The summed E-state index contributed by atoms with van der Waals surface area (Å²) in [7, 11) is 0. The van der Waals surface area contributed by atoms with Gasteiger partial charge in [-0.05, 0) is 29.3 Å². The van der Waals surface area contributed by atoms with Gasteiger partial charge in [-0.15, -0.1) is 0 Å². The standard InChI is InChI=1S/C11H9N.C9H7N/c1-2-9-7-8-12-11-6-4-3-5-10(9)11;10-8-4-7-9-5-2-1-3-6-9/h2-8H,1H2;1-7H. The number of aromatic nitrogens is 1. The fourth-order valence-electron chi connectivity index (χ4n) is 1.99. The van der Waals surface area contributed by atoms with Gasteiger partial charge < -0.3 is 0 Å². The normalized spacial score (nSPS) is 9.77. The van der Waals surface area contributed by atoms with Crippen molar-refractivity contribution >= 4 is 23.1 Å². The molecule has 0 atom stereocenters. The van der Waals surface area contributed by atoms with E-state index in [1.165, 1.54) is 6.08 Å². The highest BCUT2D eigenvalue weighted by Crippen LogP contribution is 2.16. The zero-order chi connectivity index (χ0) is 15.6. The number of pyridine rings is 1. The highest BCUT2D eigenvalue weighted by atomic mass is 14.6. The number of nitrogens with zero attached hydrogens (tertiary/aromatic N) is 2. The van der Waals surface area contributed by atoms with E-state index in [0.29, 0.717) is 0 Å². The van der Waals surface area contributed by atoms with Crippen molar-refractivity contribution in [3.05, 3.63) is 90.6 Å². The van der Waals surface area contributed by atoms with Crippen LogP contribution in [-0.2, 0) is 0 Å². The Morgan fingerprint density at radius 1 is 0.955 bits per heavy atom. The highest BCUT2D eigenvalue weighted by molar-refractivity contribution is 5.87. The molecule has 0 unspecified atom stereocenters. The van der Waals surface area contributed by atoms with Crippen LogP contribution in [-0.4, -0.2) is 4.98 Å². The summed E-state index contributed by atoms with van der Waals surface area (Å²) in [6.45, 7) is 3.75. The summed E-state index contributed by atoms with van der Waals surface area (Å²) in [5.74, 6) is 0. The topological polar surface area (TPSA) is 36.7 Å². The Labute approximate surface area is 130 Å². The summed E-state index contributed by atoms with van der Waals surface area (Å²) in [6.07, 6.45) is 6.90. The number of nitriles is 1. The van der Waals surface area contributed by atoms with E-state index >= 15 is 0 Å². The summed E-state index contributed by atoms with van der Waals surface area (Å²) in [4.78, 5) is 4.24. The van der Waals surface area contributed by atoms with Crippen molar-refractivity contribution in [3.8, 4) is 6.07 Å². The van der Waals surface area contributed by atoms with Gasteiger partial charge in [0, 0.05) is 17.7 Å². The lowest BCUT2D eigenvalue weighted by molar-refractivity contribution is 1.41. The second-order valence-corrected chi connectivity index (χ2v) is 4.49. The number of fused-ring (bicyclic) bond motifs is 1. The van der Waals surface area contributed by atoms with E-state index in [9.17, 15) is 0 Å². The van der Waals surface area contributed by atoms with Crippen molar-refractivity contribution < 1.29 is 0 Å². The van der Waals surface area contributed by atoms with Crippen molar-refractivity contribution in [1.29, 1.82) is 5.26 Å². The highest BCUT2D eigenvalue weighted by Gasteiger charge is 1.95. The average molecular weight is 284 g/mol. The zero-order valence-corrected chi connectivity index (χ0v) is 12.2. The average Bonchev–Trinajstić information content (AvgIpc) is 2.61. The number of allylic oxidation sites excluding steroid dienone is 1. The lowest BCUT2D eigenvalue weighted by atomic mass is 10.1. The van der Waals surface area contributed by atoms with Gasteiger partial charge >= 0.3 is 0 Å². The van der Waals surface area contributed by atoms with Crippen LogP contribution in [0.3, 0.4) is 0 Å². The number of rotatable bonds is 2. The maximum Gasteiger partial charge on any atom is 0.0912 e. The maximum atomic E-state index is 8.19. The number of hydrogen-bond acceptors (Lipinski definition) is 2. The molecule has 1 aromatic heterocycles. The second-order valence-electron chi connectivity index (χ2n) is 4.49. The van der Waals surface area contributed by atoms with Crippen molar-refractivity contribution in [2.75, 3.05) is 0 Å².